The predicted octanol–water partition coefficient (Wildman–Crippen LogP) is 21.0. The average molecular weight is 2130 g/mol. The van der Waals surface area contributed by atoms with E-state index in [4.69, 9.17) is 85.4 Å². The third-order valence-electron chi connectivity index (χ3n) is 26.5. The number of nitrogen functional groups attached to an aromatic ring is 1. The van der Waals surface area contributed by atoms with Crippen molar-refractivity contribution in [2.45, 2.75) is 162 Å². The van der Waals surface area contributed by atoms with Gasteiger partial charge in [0.15, 0.2) is 16.9 Å². The van der Waals surface area contributed by atoms with Crippen molar-refractivity contribution in [2.75, 3.05) is 94.8 Å². The minimum Gasteiger partial charge on any atom is -0.398 e. The molecule has 147 heavy (non-hydrogen) atoms. The molecule has 4 aromatic carbocycles. The van der Waals surface area contributed by atoms with Crippen LogP contribution in [0, 0.1) is 38.5 Å². The second kappa shape index (κ2) is 44.5. The Balaban J connectivity index is 0.000000127. The van der Waals surface area contributed by atoms with Gasteiger partial charge in [-0.25, -0.2) is 29.9 Å². The summed E-state index contributed by atoms with van der Waals surface area (Å²) in [5.41, 5.74) is 31.2. The number of benzene rings is 4. The third-order valence-corrected chi connectivity index (χ3v) is 33.4. The van der Waals surface area contributed by atoms with Crippen molar-refractivity contribution in [1.82, 2.24) is 87.7 Å². The van der Waals surface area contributed by atoms with Crippen LogP contribution in [-0.2, 0) is 94.3 Å². The molecule has 772 valence electrons. The Morgan fingerprint density at radius 1 is 0.388 bits per heavy atom. The number of fused-ring (bicyclic) bond motifs is 4. The molecule has 3 saturated carbocycles. The number of hydrogen-bond donors (Lipinski definition) is 5. The number of aliphatic imine (C=N–C) groups is 1. The van der Waals surface area contributed by atoms with Crippen LogP contribution >= 0.6 is 63.4 Å². The number of anilines is 7. The maximum absolute atomic E-state index is 13.5. The fourth-order valence-corrected chi connectivity index (χ4v) is 23.8. The minimum atomic E-state index is -2.67. The topological polar surface area (TPSA) is 424 Å². The van der Waals surface area contributed by atoms with Crippen molar-refractivity contribution in [2.24, 2.45) is 56.7 Å². The molecule has 15 aromatic rings. The quantitative estimate of drug-likeness (QED) is 0.0213. The molecule has 22 rings (SSSR count). The molecule has 34 nitrogen and oxygen atoms in total. The summed E-state index contributed by atoms with van der Waals surface area (Å²) in [5, 5.41) is 32.5. The van der Waals surface area contributed by atoms with E-state index < -0.39 is 28.6 Å². The molecule has 3 unspecified atom stereocenters. The van der Waals surface area contributed by atoms with Gasteiger partial charge in [0.25, 0.3) is 0 Å². The maximum Gasteiger partial charge on any atom is 0.220 e. The Kier molecular flexibility index (Phi) is 32.2. The van der Waals surface area contributed by atoms with E-state index in [0.717, 1.165) is 244 Å². The van der Waals surface area contributed by atoms with Crippen molar-refractivity contribution in [3.05, 3.63) is 196 Å². The highest BCUT2D eigenvalue weighted by molar-refractivity contribution is 7.71. The molecule has 0 bridgehead atoms. The van der Waals surface area contributed by atoms with E-state index in [2.05, 4.69) is 55.9 Å². The molecule has 7 aliphatic rings. The van der Waals surface area contributed by atoms with Gasteiger partial charge >= 0.3 is 0 Å². The van der Waals surface area contributed by atoms with Crippen LogP contribution in [0.3, 0.4) is 0 Å². The lowest BCUT2D eigenvalue weighted by Crippen LogP contribution is -2.19. The minimum absolute atomic E-state index is 0.00853. The average Bonchev–Trinajstić information content (AvgIpc) is 0.879. The van der Waals surface area contributed by atoms with E-state index in [1.165, 1.54) is 0 Å². The Morgan fingerprint density at radius 2 is 0.728 bits per heavy atom. The molecule has 41 heteroatoms. The van der Waals surface area contributed by atoms with E-state index in [1.54, 1.807) is 90.2 Å². The number of primary amides is 1. The van der Waals surface area contributed by atoms with Crippen molar-refractivity contribution in [1.29, 1.82) is 0 Å². The van der Waals surface area contributed by atoms with Crippen LogP contribution in [0.15, 0.2) is 151 Å². The molecule has 15 heterocycles. The number of nitrogens with one attached hydrogen (secondary N) is 3. The Morgan fingerprint density at radius 3 is 1.08 bits per heavy atom. The van der Waals surface area contributed by atoms with Crippen LogP contribution in [0.5, 0.6) is 0 Å². The number of ether oxygens (including phenoxy) is 3. The number of imidazole rings is 3. The summed E-state index contributed by atoms with van der Waals surface area (Å²) in [6.45, 7) is 24.1. The van der Waals surface area contributed by atoms with E-state index in [0.29, 0.717) is 85.3 Å². The van der Waals surface area contributed by atoms with Crippen LogP contribution < -0.4 is 48.6 Å². The van der Waals surface area contributed by atoms with E-state index in [-0.39, 0.29) is 60.3 Å². The number of rotatable bonds is 24. The van der Waals surface area contributed by atoms with Gasteiger partial charge in [0.1, 0.15) is 109 Å². The van der Waals surface area contributed by atoms with Gasteiger partial charge in [0, 0.05) is 188 Å². The zero-order valence-corrected chi connectivity index (χ0v) is 91.7. The molecular formula is C106H127Cl3N24O10P4. The number of hydrogen-bond acceptors (Lipinski definition) is 26. The largest absolute Gasteiger partial charge is 0.398 e. The number of halogens is 3. The molecule has 0 radical (unpaired) electrons. The summed E-state index contributed by atoms with van der Waals surface area (Å²) in [6.07, 6.45) is 23.9. The highest BCUT2D eigenvalue weighted by atomic mass is 35.5. The highest BCUT2D eigenvalue weighted by Gasteiger charge is 2.36. The van der Waals surface area contributed by atoms with Crippen LogP contribution in [0.1, 0.15) is 156 Å². The number of carbonyl (C=O) groups excluding carboxylic acids is 3. The number of nitrogens with two attached hydrogens (primary N) is 2. The number of amides is 1. The van der Waals surface area contributed by atoms with Crippen molar-refractivity contribution in [3.63, 3.8) is 0 Å². The molecule has 7 N–H and O–H groups in total. The first-order valence-corrected chi connectivity index (χ1v) is 61.2. The first-order chi connectivity index (χ1) is 69.9. The summed E-state index contributed by atoms with van der Waals surface area (Å²) in [5.74, 6) is 3.46. The van der Waals surface area contributed by atoms with Crippen molar-refractivity contribution < 1.29 is 46.9 Å². The van der Waals surface area contributed by atoms with Gasteiger partial charge in [-0.15, -0.1) is 0 Å². The molecular weight excluding hydrogens is 2000 g/mol. The zero-order valence-electron chi connectivity index (χ0n) is 85.8. The number of pyridine rings is 4. The summed E-state index contributed by atoms with van der Waals surface area (Å²) in [6, 6.07) is 38.2. The van der Waals surface area contributed by atoms with E-state index in [9.17, 15) is 32.6 Å². The third kappa shape index (κ3) is 25.8. The van der Waals surface area contributed by atoms with Crippen molar-refractivity contribution >= 4 is 187 Å². The lowest BCUT2D eigenvalue weighted by atomic mass is 10.1. The van der Waals surface area contributed by atoms with E-state index >= 15 is 0 Å². The summed E-state index contributed by atoms with van der Waals surface area (Å²) in [7, 11) is -2.76. The van der Waals surface area contributed by atoms with Gasteiger partial charge < -0.3 is 59.9 Å². The van der Waals surface area contributed by atoms with Crippen molar-refractivity contribution in [3.8, 4) is 45.0 Å². The summed E-state index contributed by atoms with van der Waals surface area (Å²) >= 11 is 18.6. The smallest absolute Gasteiger partial charge is 0.220 e. The Hall–Kier alpha value is -11.9. The normalized spacial score (nSPS) is 16.8. The molecule has 0 spiro atoms. The summed E-state index contributed by atoms with van der Waals surface area (Å²) in [4.78, 5) is 72.7. The van der Waals surface area contributed by atoms with Gasteiger partial charge in [0.05, 0.1) is 61.9 Å². The fourth-order valence-electron chi connectivity index (χ4n) is 18.6. The number of aromatic nitrogens is 18. The lowest BCUT2D eigenvalue weighted by Gasteiger charge is -2.25. The van der Waals surface area contributed by atoms with Gasteiger partial charge in [0.2, 0.25) is 5.91 Å². The maximum atomic E-state index is 13.5. The molecule has 4 aliphatic heterocycles. The zero-order chi connectivity index (χ0) is 105. The molecule has 1 amide bonds. The lowest BCUT2D eigenvalue weighted by molar-refractivity contribution is -0.120. The van der Waals surface area contributed by atoms with Gasteiger partial charge in [-0.2, -0.15) is 20.4 Å². The number of nitrogens with zero attached hydrogens (tertiary/aromatic N) is 19. The predicted molar refractivity (Wildman–Crippen MR) is 589 cm³/mol. The second-order valence-corrected chi connectivity index (χ2v) is 54.3. The number of aryl methyl sites for hydroxylation is 7. The van der Waals surface area contributed by atoms with Crippen LogP contribution in [0.2, 0.25) is 15.3 Å². The first-order valence-electron chi connectivity index (χ1n) is 49.7. The monoisotopic (exact) mass is 2120 g/mol. The molecule has 3 aliphatic carbocycles. The van der Waals surface area contributed by atoms with Crippen LogP contribution in [0.25, 0.3) is 78.5 Å². The molecule has 3 atom stereocenters. The molecule has 6 fully saturated rings. The number of Topliss-reactive ketones (excluding diaryl/α,β-unsaturated/α-hetero) is 2. The molecule has 3 saturated heterocycles. The highest BCUT2D eigenvalue weighted by Crippen LogP contribution is 2.48. The summed E-state index contributed by atoms with van der Waals surface area (Å²) < 4.78 is 83.1. The Labute approximate surface area is 870 Å². The van der Waals surface area contributed by atoms with Gasteiger partial charge in [-0.05, 0) is 268 Å². The SMILES string of the molecule is CC1=Nc2c(Nc3ccc(-c4ccn(C)n4)cc3P(C)(C)=O)cc(CC(=O)C3CC3)nc2C1.Cc1nc2c(Cl)cc(Cl)nc2n1C1CCCCO1.Cc1nc2c(Nc3ccc(-c4ccn(C)n4)cc3P(C)(C)=O)cc(CC(=O)C3CC3)nc2n1C1CCCCO1.Cc1nc2c(Nc3ccc(-c4ccn(C)n4)cc3P(C)(C)=O)cc(Cl)nc2n1C1CCCCO1.Cn1ccc(-c2ccc(N)c(P(C)(C)=O)c2)n1.NC(=O)C1CC1. The van der Waals surface area contributed by atoms with E-state index in [1.807, 2.05) is 193 Å². The molecule has 11 aromatic heterocycles. The van der Waals surface area contributed by atoms with Crippen LogP contribution in [-0.4, -0.2) is 184 Å². The standard InChI is InChI=1S/C29H35N6O3P.C25H28N5O2P.C24H28ClN6O2P.C12H13Cl2N3O.C12H16N3OP.C4H7NO/c1-18-30-28-24(32-23-11-10-20(15-26(23)39(3,4)37)22-12-13-34(2)33-22)16-21(17-25(36)19-8-9-19)31-29(28)35(18)27-7-5-6-14-38-27;1-15-11-21-25(26-15)22(13-18(27-21)14-23(31)16-5-6-16)28-20-8-7-17(12-24(20)33(3,4)32)19-9-10-30(2)29-19;1-15-26-23-19(14-21(25)28-24(23)31(15)22-7-5-6-12-33-22)27-18-9-8-16(13-20(18)34(3,4)32)17-10-11-30(2)29-17;1-7-15-11-8(13)6-9(14)16-12(11)17(7)10-4-2-3-5-18-10;1-15-7-6-11(14-15)9-4-5-10(13)12(8-9)17(2,3)16;5-4(6)3-1-2-3/h10-13,15-16,19,27H,5-9,14,17H2,1-4H3,(H,31,32);7-10,12-13,16H,5-6,11,14H2,1-4H3,(H,27,28);8-11,13-14,22H,5-7,12H2,1-4H3,(H,27,28);6,10H,2-5H2,1H3;4-8H,13H2,1-3H3;3H,1-2H2,(H2,5,6). The number of carbonyl (C=O) groups is 3. The fraction of sp³-hybridized carbons (Fsp3) is 0.406. The van der Waals surface area contributed by atoms with Gasteiger partial charge in [-0.1, -0.05) is 59.1 Å². The van der Waals surface area contributed by atoms with Gasteiger partial charge in [-0.3, -0.25) is 56.8 Å². The first kappa shape index (κ1) is 106. The Bertz CT molecular complexity index is 7760. The number of ketones is 2. The van der Waals surface area contributed by atoms with Crippen LogP contribution in [0.4, 0.5) is 45.5 Å². The second-order valence-electron chi connectivity index (χ2n) is 40.4.